The SMILES string of the molecule is CCNCC(C)c1ccc(F)cc1F. The van der Waals surface area contributed by atoms with Crippen molar-refractivity contribution in [3.05, 3.63) is 35.4 Å². The van der Waals surface area contributed by atoms with Gasteiger partial charge >= 0.3 is 0 Å². The van der Waals surface area contributed by atoms with Gasteiger partial charge < -0.3 is 5.32 Å². The maximum atomic E-state index is 13.3. The zero-order chi connectivity index (χ0) is 10.6. The van der Waals surface area contributed by atoms with Crippen LogP contribution in [-0.4, -0.2) is 13.1 Å². The van der Waals surface area contributed by atoms with E-state index in [9.17, 15) is 8.78 Å². The van der Waals surface area contributed by atoms with Crippen LogP contribution < -0.4 is 5.32 Å². The van der Waals surface area contributed by atoms with E-state index in [-0.39, 0.29) is 5.92 Å². The van der Waals surface area contributed by atoms with E-state index in [2.05, 4.69) is 5.32 Å². The van der Waals surface area contributed by atoms with Gasteiger partial charge in [-0.15, -0.1) is 0 Å². The Morgan fingerprint density at radius 1 is 1.36 bits per heavy atom. The van der Waals surface area contributed by atoms with Gasteiger partial charge in [-0.25, -0.2) is 8.78 Å². The van der Waals surface area contributed by atoms with Crippen LogP contribution in [0, 0.1) is 11.6 Å². The van der Waals surface area contributed by atoms with Crippen LogP contribution in [-0.2, 0) is 0 Å². The quantitative estimate of drug-likeness (QED) is 0.786. The van der Waals surface area contributed by atoms with E-state index in [0.717, 1.165) is 12.6 Å². The molecule has 0 amide bonds. The van der Waals surface area contributed by atoms with Gasteiger partial charge in [0.1, 0.15) is 11.6 Å². The van der Waals surface area contributed by atoms with E-state index in [1.54, 1.807) is 0 Å². The summed E-state index contributed by atoms with van der Waals surface area (Å²) in [6, 6.07) is 3.73. The third kappa shape index (κ3) is 2.77. The molecule has 1 rings (SSSR count). The topological polar surface area (TPSA) is 12.0 Å². The first-order valence-corrected chi connectivity index (χ1v) is 4.80. The molecule has 3 heteroatoms. The summed E-state index contributed by atoms with van der Waals surface area (Å²) in [5.74, 6) is -0.923. The molecule has 78 valence electrons. The Kier molecular flexibility index (Phi) is 4.01. The standard InChI is InChI=1S/C11H15F2N/c1-3-14-7-8(2)10-5-4-9(12)6-11(10)13/h4-6,8,14H,3,7H2,1-2H3. The second-order valence-corrected chi connectivity index (χ2v) is 3.37. The van der Waals surface area contributed by atoms with E-state index < -0.39 is 11.6 Å². The van der Waals surface area contributed by atoms with Gasteiger partial charge in [-0.3, -0.25) is 0 Å². The lowest BCUT2D eigenvalue weighted by atomic mass is 10.0. The average Bonchev–Trinajstić information content (AvgIpc) is 2.14. The number of likely N-dealkylation sites (N-methyl/N-ethyl adjacent to an activating group) is 1. The first-order chi connectivity index (χ1) is 6.65. The summed E-state index contributed by atoms with van der Waals surface area (Å²) in [5, 5.41) is 3.13. The third-order valence-corrected chi connectivity index (χ3v) is 2.19. The van der Waals surface area contributed by atoms with Crippen LogP contribution in [0.2, 0.25) is 0 Å². The molecule has 0 aliphatic rings. The van der Waals surface area contributed by atoms with Gasteiger partial charge in [0.2, 0.25) is 0 Å². The fraction of sp³-hybridized carbons (Fsp3) is 0.455. The molecular formula is C11H15F2N. The summed E-state index contributed by atoms with van der Waals surface area (Å²) < 4.78 is 25.9. The molecule has 1 aromatic carbocycles. The zero-order valence-corrected chi connectivity index (χ0v) is 8.48. The fourth-order valence-corrected chi connectivity index (χ4v) is 1.37. The monoisotopic (exact) mass is 199 g/mol. The minimum Gasteiger partial charge on any atom is -0.316 e. The van der Waals surface area contributed by atoms with Gasteiger partial charge in [0.15, 0.2) is 0 Å². The van der Waals surface area contributed by atoms with E-state index in [4.69, 9.17) is 0 Å². The van der Waals surface area contributed by atoms with E-state index in [0.29, 0.717) is 12.1 Å². The first kappa shape index (κ1) is 11.1. The molecule has 0 aliphatic carbocycles. The molecule has 1 atom stereocenters. The van der Waals surface area contributed by atoms with Crippen LogP contribution in [0.15, 0.2) is 18.2 Å². The predicted octanol–water partition coefficient (Wildman–Crippen LogP) is 2.68. The van der Waals surface area contributed by atoms with Crippen molar-refractivity contribution in [2.24, 2.45) is 0 Å². The van der Waals surface area contributed by atoms with Crippen molar-refractivity contribution in [1.29, 1.82) is 0 Å². The molecule has 0 aliphatic heterocycles. The Morgan fingerprint density at radius 2 is 2.07 bits per heavy atom. The molecule has 0 spiro atoms. The Morgan fingerprint density at radius 3 is 2.64 bits per heavy atom. The molecule has 0 bridgehead atoms. The lowest BCUT2D eigenvalue weighted by molar-refractivity contribution is 0.547. The van der Waals surface area contributed by atoms with Crippen LogP contribution in [0.3, 0.4) is 0 Å². The highest BCUT2D eigenvalue weighted by Crippen LogP contribution is 2.18. The number of rotatable bonds is 4. The molecular weight excluding hydrogens is 184 g/mol. The van der Waals surface area contributed by atoms with Gasteiger partial charge in [-0.2, -0.15) is 0 Å². The highest BCUT2D eigenvalue weighted by Gasteiger charge is 2.10. The molecule has 0 radical (unpaired) electrons. The Bertz CT molecular complexity index is 299. The molecule has 1 aromatic rings. The number of halogens is 2. The van der Waals surface area contributed by atoms with Crippen molar-refractivity contribution in [3.8, 4) is 0 Å². The number of hydrogen-bond acceptors (Lipinski definition) is 1. The Balaban J connectivity index is 2.74. The normalized spacial score (nSPS) is 12.9. The van der Waals surface area contributed by atoms with Gasteiger partial charge in [-0.1, -0.05) is 19.9 Å². The molecule has 0 fully saturated rings. The third-order valence-electron chi connectivity index (χ3n) is 2.19. The van der Waals surface area contributed by atoms with Gasteiger partial charge in [0.25, 0.3) is 0 Å². The van der Waals surface area contributed by atoms with Crippen LogP contribution in [0.4, 0.5) is 8.78 Å². The van der Waals surface area contributed by atoms with Crippen LogP contribution >= 0.6 is 0 Å². The first-order valence-electron chi connectivity index (χ1n) is 4.80. The summed E-state index contributed by atoms with van der Waals surface area (Å²) in [4.78, 5) is 0. The maximum absolute atomic E-state index is 13.3. The van der Waals surface area contributed by atoms with E-state index in [1.807, 2.05) is 13.8 Å². The molecule has 0 aromatic heterocycles. The molecule has 0 saturated carbocycles. The number of nitrogens with one attached hydrogen (secondary N) is 1. The molecule has 14 heavy (non-hydrogen) atoms. The van der Waals surface area contributed by atoms with Gasteiger partial charge in [-0.05, 0) is 24.1 Å². The summed E-state index contributed by atoms with van der Waals surface area (Å²) in [5.41, 5.74) is 0.562. The summed E-state index contributed by atoms with van der Waals surface area (Å²) >= 11 is 0. The number of benzene rings is 1. The smallest absolute Gasteiger partial charge is 0.129 e. The molecule has 0 saturated heterocycles. The van der Waals surface area contributed by atoms with E-state index in [1.165, 1.54) is 12.1 Å². The second kappa shape index (κ2) is 5.05. The van der Waals surface area contributed by atoms with Crippen LogP contribution in [0.25, 0.3) is 0 Å². The van der Waals surface area contributed by atoms with Gasteiger partial charge in [0, 0.05) is 12.6 Å². The van der Waals surface area contributed by atoms with Crippen molar-refractivity contribution in [2.45, 2.75) is 19.8 Å². The lowest BCUT2D eigenvalue weighted by Gasteiger charge is -2.12. The number of hydrogen-bond donors (Lipinski definition) is 1. The van der Waals surface area contributed by atoms with Crippen molar-refractivity contribution in [3.63, 3.8) is 0 Å². The highest BCUT2D eigenvalue weighted by atomic mass is 19.1. The summed E-state index contributed by atoms with van der Waals surface area (Å²) in [7, 11) is 0. The molecule has 1 nitrogen and oxygen atoms in total. The fourth-order valence-electron chi connectivity index (χ4n) is 1.37. The largest absolute Gasteiger partial charge is 0.316 e. The summed E-state index contributed by atoms with van der Waals surface area (Å²) in [6.45, 7) is 5.47. The van der Waals surface area contributed by atoms with Crippen molar-refractivity contribution in [2.75, 3.05) is 13.1 Å². The minimum atomic E-state index is -0.526. The lowest BCUT2D eigenvalue weighted by Crippen LogP contribution is -2.20. The zero-order valence-electron chi connectivity index (χ0n) is 8.48. The van der Waals surface area contributed by atoms with Crippen LogP contribution in [0.5, 0.6) is 0 Å². The molecule has 1 unspecified atom stereocenters. The maximum Gasteiger partial charge on any atom is 0.129 e. The van der Waals surface area contributed by atoms with Crippen molar-refractivity contribution < 1.29 is 8.78 Å². The van der Waals surface area contributed by atoms with E-state index >= 15 is 0 Å². The highest BCUT2D eigenvalue weighted by molar-refractivity contribution is 5.22. The predicted molar refractivity (Wildman–Crippen MR) is 53.3 cm³/mol. The Labute approximate surface area is 83.1 Å². The minimum absolute atomic E-state index is 0.0653. The Hall–Kier alpha value is -0.960. The van der Waals surface area contributed by atoms with Crippen LogP contribution in [0.1, 0.15) is 25.3 Å². The second-order valence-electron chi connectivity index (χ2n) is 3.37. The van der Waals surface area contributed by atoms with Gasteiger partial charge in [0.05, 0.1) is 0 Å². The van der Waals surface area contributed by atoms with Crippen molar-refractivity contribution in [1.82, 2.24) is 5.32 Å². The molecule has 0 heterocycles. The summed E-state index contributed by atoms with van der Waals surface area (Å²) in [6.07, 6.45) is 0. The molecule has 1 N–H and O–H groups in total. The van der Waals surface area contributed by atoms with Crippen molar-refractivity contribution >= 4 is 0 Å². The average molecular weight is 199 g/mol.